The van der Waals surface area contributed by atoms with Crippen LogP contribution in [0.5, 0.6) is 0 Å². The molecule has 0 amide bonds. The van der Waals surface area contributed by atoms with Gasteiger partial charge in [-0.3, -0.25) is 0 Å². The SMILES string of the molecule is CC(C)(C)OCC(O)CN1CCC(C(O)c2ccccc2)CC1. The molecule has 1 aliphatic rings. The normalized spacial score (nSPS) is 20.4. The molecule has 23 heavy (non-hydrogen) atoms. The molecule has 0 radical (unpaired) electrons. The van der Waals surface area contributed by atoms with Crippen molar-refractivity contribution in [2.24, 2.45) is 5.92 Å². The summed E-state index contributed by atoms with van der Waals surface area (Å²) in [5, 5.41) is 20.6. The summed E-state index contributed by atoms with van der Waals surface area (Å²) in [6.07, 6.45) is 1.09. The fourth-order valence-corrected chi connectivity index (χ4v) is 3.07. The van der Waals surface area contributed by atoms with E-state index in [0.29, 0.717) is 19.1 Å². The molecule has 4 nitrogen and oxygen atoms in total. The number of hydrogen-bond acceptors (Lipinski definition) is 4. The maximum atomic E-state index is 10.5. The first kappa shape index (κ1) is 18.4. The zero-order valence-corrected chi connectivity index (χ0v) is 14.6. The second-order valence-corrected chi connectivity index (χ2v) is 7.57. The van der Waals surface area contributed by atoms with Crippen LogP contribution in [0.4, 0.5) is 0 Å². The lowest BCUT2D eigenvalue weighted by molar-refractivity contribution is -0.0593. The smallest absolute Gasteiger partial charge is 0.0900 e. The number of piperidine rings is 1. The Kier molecular flexibility index (Phi) is 6.60. The Labute approximate surface area is 140 Å². The van der Waals surface area contributed by atoms with Crippen molar-refractivity contribution < 1.29 is 14.9 Å². The Hall–Kier alpha value is -0.940. The van der Waals surface area contributed by atoms with Gasteiger partial charge in [-0.2, -0.15) is 0 Å². The standard InChI is InChI=1S/C19H31NO3/c1-19(2,3)23-14-17(21)13-20-11-9-16(10-12-20)18(22)15-7-5-4-6-8-15/h4-8,16-18,21-22H,9-14H2,1-3H3. The molecule has 2 rings (SSSR count). The topological polar surface area (TPSA) is 52.9 Å². The molecule has 0 aromatic heterocycles. The second-order valence-electron chi connectivity index (χ2n) is 7.57. The van der Waals surface area contributed by atoms with Crippen molar-refractivity contribution >= 4 is 0 Å². The van der Waals surface area contributed by atoms with E-state index in [1.54, 1.807) is 0 Å². The van der Waals surface area contributed by atoms with Crippen molar-refractivity contribution in [2.45, 2.75) is 51.4 Å². The van der Waals surface area contributed by atoms with E-state index in [0.717, 1.165) is 31.5 Å². The van der Waals surface area contributed by atoms with Crippen molar-refractivity contribution in [1.29, 1.82) is 0 Å². The number of benzene rings is 1. The predicted octanol–water partition coefficient (Wildman–Crippen LogP) is 2.61. The molecule has 1 aromatic carbocycles. The van der Waals surface area contributed by atoms with Crippen molar-refractivity contribution in [2.75, 3.05) is 26.2 Å². The van der Waals surface area contributed by atoms with Crippen LogP contribution >= 0.6 is 0 Å². The van der Waals surface area contributed by atoms with Gasteiger partial charge in [-0.15, -0.1) is 0 Å². The Balaban J connectivity index is 1.73. The maximum absolute atomic E-state index is 10.5. The number of hydrogen-bond donors (Lipinski definition) is 2. The van der Waals surface area contributed by atoms with Gasteiger partial charge in [-0.1, -0.05) is 30.3 Å². The van der Waals surface area contributed by atoms with Gasteiger partial charge >= 0.3 is 0 Å². The van der Waals surface area contributed by atoms with Crippen molar-refractivity contribution in [1.82, 2.24) is 4.90 Å². The number of nitrogens with zero attached hydrogens (tertiary/aromatic N) is 1. The highest BCUT2D eigenvalue weighted by Gasteiger charge is 2.27. The predicted molar refractivity (Wildman–Crippen MR) is 92.3 cm³/mol. The molecular formula is C19H31NO3. The van der Waals surface area contributed by atoms with Gasteiger partial charge in [0.25, 0.3) is 0 Å². The Bertz CT molecular complexity index is 449. The van der Waals surface area contributed by atoms with Crippen molar-refractivity contribution in [3.8, 4) is 0 Å². The van der Waals surface area contributed by atoms with Crippen LogP contribution in [-0.4, -0.2) is 53.1 Å². The van der Waals surface area contributed by atoms with Crippen molar-refractivity contribution in [3.63, 3.8) is 0 Å². The van der Waals surface area contributed by atoms with Gasteiger partial charge in [0, 0.05) is 6.54 Å². The average Bonchev–Trinajstić information content (AvgIpc) is 2.53. The second kappa shape index (κ2) is 8.25. The van der Waals surface area contributed by atoms with E-state index in [4.69, 9.17) is 4.74 Å². The molecule has 0 saturated carbocycles. The zero-order valence-electron chi connectivity index (χ0n) is 14.6. The van der Waals surface area contributed by atoms with E-state index in [1.165, 1.54) is 0 Å². The number of ether oxygens (including phenoxy) is 1. The van der Waals surface area contributed by atoms with Gasteiger partial charge in [-0.25, -0.2) is 0 Å². The first-order chi connectivity index (χ1) is 10.8. The minimum absolute atomic E-state index is 0.215. The molecule has 0 bridgehead atoms. The highest BCUT2D eigenvalue weighted by Crippen LogP contribution is 2.30. The van der Waals surface area contributed by atoms with Gasteiger partial charge in [0.1, 0.15) is 0 Å². The number of β-amino-alcohol motifs (C(OH)–C–C–N with tert-alkyl or cyclic N) is 1. The molecule has 2 unspecified atom stereocenters. The van der Waals surface area contributed by atoms with E-state index in [9.17, 15) is 10.2 Å². The number of rotatable bonds is 6. The number of aliphatic hydroxyl groups excluding tert-OH is 2. The largest absolute Gasteiger partial charge is 0.389 e. The molecule has 1 saturated heterocycles. The molecular weight excluding hydrogens is 290 g/mol. The van der Waals surface area contributed by atoms with Crippen LogP contribution in [0.25, 0.3) is 0 Å². The minimum Gasteiger partial charge on any atom is -0.389 e. The maximum Gasteiger partial charge on any atom is 0.0900 e. The zero-order chi connectivity index (χ0) is 16.9. The Morgan fingerprint density at radius 1 is 1.13 bits per heavy atom. The summed E-state index contributed by atoms with van der Waals surface area (Å²) in [6, 6.07) is 9.90. The lowest BCUT2D eigenvalue weighted by Crippen LogP contribution is -2.42. The van der Waals surface area contributed by atoms with E-state index < -0.39 is 6.10 Å². The first-order valence-electron chi connectivity index (χ1n) is 8.62. The van der Waals surface area contributed by atoms with Crippen LogP contribution in [0.2, 0.25) is 0 Å². The summed E-state index contributed by atoms with van der Waals surface area (Å²) < 4.78 is 5.63. The lowest BCUT2D eigenvalue weighted by Gasteiger charge is -2.35. The third-order valence-electron chi connectivity index (χ3n) is 4.40. The monoisotopic (exact) mass is 321 g/mol. The fourth-order valence-electron chi connectivity index (χ4n) is 3.07. The van der Waals surface area contributed by atoms with E-state index >= 15 is 0 Å². The van der Waals surface area contributed by atoms with Crippen LogP contribution < -0.4 is 0 Å². The van der Waals surface area contributed by atoms with Gasteiger partial charge in [0.2, 0.25) is 0 Å². The lowest BCUT2D eigenvalue weighted by atomic mass is 9.87. The van der Waals surface area contributed by atoms with Crippen LogP contribution in [0, 0.1) is 5.92 Å². The van der Waals surface area contributed by atoms with Crippen LogP contribution in [0.3, 0.4) is 0 Å². The van der Waals surface area contributed by atoms with Gasteiger partial charge in [-0.05, 0) is 58.2 Å². The summed E-state index contributed by atoms with van der Waals surface area (Å²) in [6.45, 7) is 8.84. The summed E-state index contributed by atoms with van der Waals surface area (Å²) in [5.74, 6) is 0.302. The summed E-state index contributed by atoms with van der Waals surface area (Å²) >= 11 is 0. The molecule has 1 heterocycles. The third-order valence-corrected chi connectivity index (χ3v) is 4.40. The number of aliphatic hydroxyl groups is 2. The van der Waals surface area contributed by atoms with E-state index in [-0.39, 0.29) is 11.7 Å². The minimum atomic E-state index is -0.454. The van der Waals surface area contributed by atoms with Crippen molar-refractivity contribution in [3.05, 3.63) is 35.9 Å². The highest BCUT2D eigenvalue weighted by atomic mass is 16.5. The molecule has 1 fully saturated rings. The molecule has 0 aliphatic carbocycles. The average molecular weight is 321 g/mol. The van der Waals surface area contributed by atoms with Crippen LogP contribution in [0.1, 0.15) is 45.3 Å². The summed E-state index contributed by atoms with van der Waals surface area (Å²) in [4.78, 5) is 2.27. The highest BCUT2D eigenvalue weighted by molar-refractivity contribution is 5.18. The van der Waals surface area contributed by atoms with Gasteiger partial charge in [0.05, 0.1) is 24.4 Å². The van der Waals surface area contributed by atoms with Gasteiger partial charge in [0.15, 0.2) is 0 Å². The summed E-state index contributed by atoms with van der Waals surface area (Å²) in [5.41, 5.74) is 0.790. The number of likely N-dealkylation sites (tertiary alicyclic amines) is 1. The third kappa shape index (κ3) is 6.22. The molecule has 2 N–H and O–H groups in total. The van der Waals surface area contributed by atoms with E-state index in [1.807, 2.05) is 51.1 Å². The molecule has 1 aromatic rings. The molecule has 4 heteroatoms. The molecule has 1 aliphatic heterocycles. The summed E-state index contributed by atoms with van der Waals surface area (Å²) in [7, 11) is 0. The van der Waals surface area contributed by atoms with Crippen LogP contribution in [-0.2, 0) is 4.74 Å². The van der Waals surface area contributed by atoms with Gasteiger partial charge < -0.3 is 19.8 Å². The Morgan fingerprint density at radius 2 is 1.74 bits per heavy atom. The van der Waals surface area contributed by atoms with E-state index in [2.05, 4.69) is 4.90 Å². The quantitative estimate of drug-likeness (QED) is 0.846. The molecule has 2 atom stereocenters. The first-order valence-corrected chi connectivity index (χ1v) is 8.62. The van der Waals surface area contributed by atoms with Crippen LogP contribution in [0.15, 0.2) is 30.3 Å². The molecule has 0 spiro atoms. The fraction of sp³-hybridized carbons (Fsp3) is 0.684. The Morgan fingerprint density at radius 3 is 2.30 bits per heavy atom. The molecule has 130 valence electrons.